The van der Waals surface area contributed by atoms with Gasteiger partial charge in [0.1, 0.15) is 5.60 Å². The molecule has 0 bridgehead atoms. The van der Waals surface area contributed by atoms with Crippen molar-refractivity contribution < 1.29 is 9.52 Å². The number of nitrogens with zero attached hydrogens (tertiary/aromatic N) is 2. The molecule has 0 fully saturated rings. The van der Waals surface area contributed by atoms with Crippen molar-refractivity contribution in [3.8, 4) is 0 Å². The summed E-state index contributed by atoms with van der Waals surface area (Å²) in [7, 11) is 0. The van der Waals surface area contributed by atoms with E-state index in [1.165, 1.54) is 36.3 Å². The first-order chi connectivity index (χ1) is 10.2. The van der Waals surface area contributed by atoms with Gasteiger partial charge in [0.15, 0.2) is 0 Å². The number of nitrogens with one attached hydrogen (secondary N) is 1. The largest absolute Gasteiger partial charge is 0.472 e. The highest BCUT2D eigenvalue weighted by molar-refractivity contribution is 7.10. The van der Waals surface area contributed by atoms with Gasteiger partial charge in [0.05, 0.1) is 36.5 Å². The number of furan rings is 1. The van der Waals surface area contributed by atoms with Gasteiger partial charge in [-0.15, -0.1) is 11.3 Å². The summed E-state index contributed by atoms with van der Waals surface area (Å²) in [4.78, 5) is 8.93. The molecular formula is C14H12ClN3O2S. The Hall–Kier alpha value is -1.89. The summed E-state index contributed by atoms with van der Waals surface area (Å²) in [5.74, 6) is 0.401. The van der Waals surface area contributed by atoms with E-state index in [1.54, 1.807) is 6.07 Å². The van der Waals surface area contributed by atoms with Crippen LogP contribution >= 0.6 is 22.9 Å². The molecule has 0 saturated heterocycles. The Morgan fingerprint density at radius 3 is 2.76 bits per heavy atom. The van der Waals surface area contributed by atoms with E-state index in [0.717, 1.165) is 4.88 Å². The van der Waals surface area contributed by atoms with E-state index in [2.05, 4.69) is 15.3 Å². The van der Waals surface area contributed by atoms with E-state index in [1.807, 2.05) is 17.5 Å². The average molecular weight is 322 g/mol. The lowest BCUT2D eigenvalue weighted by atomic mass is 9.94. The maximum absolute atomic E-state index is 11.1. The topological polar surface area (TPSA) is 71.2 Å². The molecule has 3 aromatic rings. The van der Waals surface area contributed by atoms with Crippen LogP contribution < -0.4 is 5.32 Å². The molecule has 0 aromatic carbocycles. The van der Waals surface area contributed by atoms with E-state index in [-0.39, 0.29) is 6.54 Å². The second-order valence-corrected chi connectivity index (χ2v) is 5.81. The Labute approximate surface area is 130 Å². The molecule has 7 heteroatoms. The molecular weight excluding hydrogens is 310 g/mol. The summed E-state index contributed by atoms with van der Waals surface area (Å²) in [6.45, 7) is 0.217. The van der Waals surface area contributed by atoms with Gasteiger partial charge in [0.2, 0.25) is 5.95 Å². The van der Waals surface area contributed by atoms with E-state index >= 15 is 0 Å². The summed E-state index contributed by atoms with van der Waals surface area (Å²) in [5.41, 5.74) is -0.532. The zero-order chi connectivity index (χ0) is 14.7. The van der Waals surface area contributed by atoms with Crippen LogP contribution in [0.3, 0.4) is 0 Å². The second kappa shape index (κ2) is 5.85. The molecule has 0 aliphatic carbocycles. The van der Waals surface area contributed by atoms with Gasteiger partial charge in [-0.1, -0.05) is 17.7 Å². The van der Waals surface area contributed by atoms with Crippen LogP contribution in [-0.4, -0.2) is 21.6 Å². The van der Waals surface area contributed by atoms with Gasteiger partial charge >= 0.3 is 0 Å². The van der Waals surface area contributed by atoms with Crippen LogP contribution in [0.15, 0.2) is 52.9 Å². The second-order valence-electron chi connectivity index (χ2n) is 4.43. The molecule has 108 valence electrons. The first-order valence-corrected chi connectivity index (χ1v) is 7.45. The van der Waals surface area contributed by atoms with E-state index < -0.39 is 5.60 Å². The van der Waals surface area contributed by atoms with E-state index in [0.29, 0.717) is 16.5 Å². The van der Waals surface area contributed by atoms with Crippen molar-refractivity contribution >= 4 is 28.9 Å². The third-order valence-electron chi connectivity index (χ3n) is 3.05. The lowest BCUT2D eigenvalue weighted by Gasteiger charge is -2.26. The van der Waals surface area contributed by atoms with Gasteiger partial charge in [0, 0.05) is 10.4 Å². The van der Waals surface area contributed by atoms with Gasteiger partial charge in [-0.25, -0.2) is 9.97 Å². The van der Waals surface area contributed by atoms with Crippen LogP contribution in [0, 0.1) is 0 Å². The van der Waals surface area contributed by atoms with Crippen LogP contribution in [-0.2, 0) is 5.60 Å². The maximum Gasteiger partial charge on any atom is 0.222 e. The summed E-state index contributed by atoms with van der Waals surface area (Å²) >= 11 is 7.22. The molecule has 3 heterocycles. The average Bonchev–Trinajstić information content (AvgIpc) is 3.19. The van der Waals surface area contributed by atoms with E-state index in [9.17, 15) is 5.11 Å². The fourth-order valence-electron chi connectivity index (χ4n) is 1.96. The first kappa shape index (κ1) is 14.1. The molecule has 0 radical (unpaired) electrons. The van der Waals surface area contributed by atoms with Crippen molar-refractivity contribution in [1.29, 1.82) is 0 Å². The lowest BCUT2D eigenvalue weighted by Crippen LogP contribution is -2.34. The number of thiophene rings is 1. The Kier molecular flexibility index (Phi) is 3.92. The Balaban J connectivity index is 1.85. The maximum atomic E-state index is 11.1. The van der Waals surface area contributed by atoms with Crippen LogP contribution in [0.25, 0.3) is 0 Å². The van der Waals surface area contributed by atoms with Gasteiger partial charge in [0.25, 0.3) is 0 Å². The quantitative estimate of drug-likeness (QED) is 0.755. The molecule has 5 nitrogen and oxygen atoms in total. The Bertz CT molecular complexity index is 649. The summed E-state index contributed by atoms with van der Waals surface area (Å²) in [5, 5.41) is 16.5. The van der Waals surface area contributed by atoms with Crippen molar-refractivity contribution in [3.05, 3.63) is 64.0 Å². The van der Waals surface area contributed by atoms with Gasteiger partial charge in [-0.05, 0) is 17.5 Å². The Morgan fingerprint density at radius 2 is 2.14 bits per heavy atom. The minimum atomic E-state index is -1.20. The van der Waals surface area contributed by atoms with Crippen molar-refractivity contribution in [2.45, 2.75) is 5.60 Å². The van der Waals surface area contributed by atoms with E-state index in [4.69, 9.17) is 16.0 Å². The SMILES string of the molecule is OC(CNc1ncc(Cl)cn1)(c1ccoc1)c1cccs1. The lowest BCUT2D eigenvalue weighted by molar-refractivity contribution is 0.0980. The number of halogens is 1. The van der Waals surface area contributed by atoms with Crippen LogP contribution in [0.5, 0.6) is 0 Å². The molecule has 2 N–H and O–H groups in total. The van der Waals surface area contributed by atoms with Crippen LogP contribution in [0.2, 0.25) is 5.02 Å². The molecule has 3 rings (SSSR count). The fraction of sp³-hybridized carbons (Fsp3) is 0.143. The number of aliphatic hydroxyl groups is 1. The monoisotopic (exact) mass is 321 g/mol. The summed E-state index contributed by atoms with van der Waals surface area (Å²) < 4.78 is 5.09. The number of hydrogen-bond acceptors (Lipinski definition) is 6. The Morgan fingerprint density at radius 1 is 1.33 bits per heavy atom. The van der Waals surface area contributed by atoms with Crippen LogP contribution in [0.1, 0.15) is 10.4 Å². The highest BCUT2D eigenvalue weighted by atomic mass is 35.5. The van der Waals surface area contributed by atoms with Gasteiger partial charge in [-0.2, -0.15) is 0 Å². The van der Waals surface area contributed by atoms with Gasteiger partial charge < -0.3 is 14.8 Å². The van der Waals surface area contributed by atoms with Crippen molar-refractivity contribution in [2.75, 3.05) is 11.9 Å². The predicted octanol–water partition coefficient (Wildman–Crippen LogP) is 3.13. The number of rotatable bonds is 5. The van der Waals surface area contributed by atoms with Gasteiger partial charge in [-0.3, -0.25) is 0 Å². The van der Waals surface area contributed by atoms with Crippen molar-refractivity contribution in [3.63, 3.8) is 0 Å². The first-order valence-electron chi connectivity index (χ1n) is 6.19. The summed E-state index contributed by atoms with van der Waals surface area (Å²) in [6, 6.07) is 5.51. The normalized spacial score (nSPS) is 13.8. The van der Waals surface area contributed by atoms with Crippen molar-refractivity contribution in [2.24, 2.45) is 0 Å². The number of hydrogen-bond donors (Lipinski definition) is 2. The zero-order valence-corrected chi connectivity index (χ0v) is 12.4. The molecule has 0 saturated carbocycles. The minimum absolute atomic E-state index is 0.217. The minimum Gasteiger partial charge on any atom is -0.472 e. The molecule has 0 aliphatic heterocycles. The fourth-order valence-corrected chi connectivity index (χ4v) is 2.90. The summed E-state index contributed by atoms with van der Waals surface area (Å²) in [6.07, 6.45) is 6.06. The highest BCUT2D eigenvalue weighted by Gasteiger charge is 2.33. The van der Waals surface area contributed by atoms with Crippen molar-refractivity contribution in [1.82, 2.24) is 9.97 Å². The standard InChI is InChI=1S/C14H12ClN3O2S/c15-11-6-16-13(17-7-11)18-9-14(19,10-3-4-20-8-10)12-2-1-5-21-12/h1-8,19H,9H2,(H,16,17,18). The molecule has 0 aliphatic rings. The molecule has 3 aromatic heterocycles. The molecule has 1 unspecified atom stereocenters. The number of anilines is 1. The molecule has 21 heavy (non-hydrogen) atoms. The van der Waals surface area contributed by atoms with Crippen LogP contribution in [0.4, 0.5) is 5.95 Å². The molecule has 1 atom stereocenters. The third-order valence-corrected chi connectivity index (χ3v) is 4.27. The predicted molar refractivity (Wildman–Crippen MR) is 81.6 cm³/mol. The smallest absolute Gasteiger partial charge is 0.222 e. The third kappa shape index (κ3) is 2.92. The molecule has 0 spiro atoms. The molecule has 0 amide bonds. The zero-order valence-electron chi connectivity index (χ0n) is 10.9. The number of aromatic nitrogens is 2. The highest BCUT2D eigenvalue weighted by Crippen LogP contribution is 2.33.